The molecule has 0 atom stereocenters. The molecule has 0 aliphatic carbocycles. The number of hydrogen-bond donors (Lipinski definition) is 2. The quantitative estimate of drug-likeness (QED) is 0.109. The Balaban J connectivity index is 0.000000137. The molecule has 3 aliphatic heterocycles. The number of ether oxygens (including phenoxy) is 7. The molecular formula is C91H82Br4Cl3FN10O9. The van der Waals surface area contributed by atoms with E-state index < -0.39 is 5.82 Å². The second-order valence-electron chi connectivity index (χ2n) is 26.3. The molecule has 15 aromatic rings. The Labute approximate surface area is 731 Å². The van der Waals surface area contributed by atoms with E-state index in [-0.39, 0.29) is 29.7 Å². The topological polar surface area (TPSA) is 215 Å². The van der Waals surface area contributed by atoms with Crippen molar-refractivity contribution in [1.29, 1.82) is 5.26 Å². The molecule has 3 fully saturated rings. The summed E-state index contributed by atoms with van der Waals surface area (Å²) in [6, 6.07) is 66.8. The lowest BCUT2D eigenvalue weighted by Crippen LogP contribution is -2.36. The van der Waals surface area contributed by atoms with E-state index >= 15 is 0 Å². The fourth-order valence-electron chi connectivity index (χ4n) is 12.6. The van der Waals surface area contributed by atoms with E-state index in [9.17, 15) is 14.0 Å². The van der Waals surface area contributed by atoms with Gasteiger partial charge in [-0.15, -0.1) is 0 Å². The number of pyridine rings is 6. The summed E-state index contributed by atoms with van der Waals surface area (Å²) in [5.74, 6) is 2.96. The van der Waals surface area contributed by atoms with Crippen molar-refractivity contribution in [2.45, 2.75) is 27.1 Å². The van der Waals surface area contributed by atoms with Gasteiger partial charge in [-0.25, -0.2) is 4.39 Å². The Morgan fingerprint density at radius 1 is 0.432 bits per heavy atom. The van der Waals surface area contributed by atoms with Crippen LogP contribution in [0.15, 0.2) is 271 Å². The van der Waals surface area contributed by atoms with E-state index in [0.29, 0.717) is 23.2 Å². The van der Waals surface area contributed by atoms with Crippen LogP contribution >= 0.6 is 98.5 Å². The predicted molar refractivity (Wildman–Crippen MR) is 488 cm³/mol. The van der Waals surface area contributed by atoms with Crippen LogP contribution in [0, 0.1) is 17.1 Å². The molecule has 3 saturated heterocycles. The summed E-state index contributed by atoms with van der Waals surface area (Å²) in [5, 5.41) is 15.7. The molecule has 0 unspecified atom stereocenters. The average Bonchev–Trinajstić information content (AvgIpc) is 0.813. The molecule has 0 saturated carbocycles. The first kappa shape index (κ1) is 88.5. The van der Waals surface area contributed by atoms with Crippen LogP contribution in [0.5, 0.6) is 23.0 Å². The van der Waals surface area contributed by atoms with Crippen molar-refractivity contribution in [3.63, 3.8) is 0 Å². The normalized spacial score (nSPS) is 12.9. The molecule has 19 nitrogen and oxygen atoms in total. The number of H-pyrrole nitrogens is 2. The average molecular weight is 1900 g/mol. The number of morpholine rings is 3. The van der Waals surface area contributed by atoms with E-state index in [0.717, 1.165) is 208 Å². The maximum absolute atomic E-state index is 12.8. The summed E-state index contributed by atoms with van der Waals surface area (Å²) < 4.78 is 54.5. The second-order valence-corrected chi connectivity index (χ2v) is 31.1. The first-order valence-corrected chi connectivity index (χ1v) is 41.3. The third-order valence-electron chi connectivity index (χ3n) is 18.7. The van der Waals surface area contributed by atoms with Crippen molar-refractivity contribution in [3.8, 4) is 29.1 Å². The first-order valence-electron chi connectivity index (χ1n) is 37.0. The third kappa shape index (κ3) is 24.7. The Bertz CT molecular complexity index is 6040. The van der Waals surface area contributed by atoms with Gasteiger partial charge >= 0.3 is 0 Å². The molecule has 18 rings (SSSR count). The van der Waals surface area contributed by atoms with Gasteiger partial charge < -0.3 is 57.8 Å². The summed E-state index contributed by atoms with van der Waals surface area (Å²) in [4.78, 5) is 53.3. The SMILES string of the molecule is C.COc1ccc(COc2ccnc3cc(Br)ccc23)cc1.COc1ccc(COc2ccnc3cc(N4CCOCC4)ccc23)cc1.Clc1ccnc2cc(Br)ccc12.Clc1ccnc2cc(N3CCOCC3)ccc12.N#CCc1cc(Br)c(F)cc1Cl.O=c1cc[nH]c2cc(Br)ccc12.O=c1cc[nH]c2cc(N3CCOCC3)ccc12. The van der Waals surface area contributed by atoms with Crippen molar-refractivity contribution in [3.05, 3.63) is 319 Å². The summed E-state index contributed by atoms with van der Waals surface area (Å²) in [6.45, 7) is 11.2. The van der Waals surface area contributed by atoms with Gasteiger partial charge in [0, 0.05) is 156 Å². The van der Waals surface area contributed by atoms with Crippen LogP contribution in [-0.2, 0) is 33.8 Å². The van der Waals surface area contributed by atoms with Crippen molar-refractivity contribution >= 4 is 181 Å². The number of anilines is 3. The van der Waals surface area contributed by atoms with Gasteiger partial charge in [0.15, 0.2) is 10.9 Å². The minimum atomic E-state index is -0.415. The third-order valence-corrected chi connectivity index (χ3v) is 21.8. The number of fused-ring (bicyclic) bond motifs is 6. The highest BCUT2D eigenvalue weighted by Crippen LogP contribution is 2.33. The van der Waals surface area contributed by atoms with Gasteiger partial charge in [0.05, 0.1) is 114 Å². The van der Waals surface area contributed by atoms with Gasteiger partial charge in [-0.1, -0.05) is 120 Å². The van der Waals surface area contributed by atoms with Gasteiger partial charge in [-0.3, -0.25) is 29.5 Å². The Hall–Kier alpha value is -10.3. The number of benzene rings is 9. The van der Waals surface area contributed by atoms with E-state index in [1.165, 1.54) is 29.6 Å². The standard InChI is InChI=1S/C21H22N2O3.C17H14BrNO2.C13H13ClN2O.C13H14N2O2.C9H5BrClN.C9H6BrNO.C8H4BrClFN.CH4/c1-24-18-5-2-16(3-6-18)15-26-21-8-9-22-20-14-17(4-7-19(20)21)23-10-12-25-13-11-23;1-20-14-5-2-12(3-6-14)11-21-17-8-9-19-16-10-13(18)4-7-15(16)17;14-12-3-4-15-13-9-10(1-2-11(12)13)16-5-7-17-8-6-16;16-13-3-4-14-12-9-10(1-2-11(12)13)15-5-7-17-8-6-15;10-6-1-2-7-8(11)3-4-12-9(7)5-6;10-6-1-2-7-8(5-6)11-4-3-9(7)12;9-6-3-5(1-2-12)7(10)4-8(6)11;/h2-9,14H,10-13,15H2,1H3;2-10H,11H2,1H3;1-4,9H,5-8H2;1-4,9H,5-8H2,(H,14,16);1-5H;1-5H,(H,11,12);3-4H,1H2;1H4. The maximum Gasteiger partial charge on any atom is 0.189 e. The molecule has 9 aromatic carbocycles. The molecule has 2 N–H and O–H groups in total. The molecule has 0 spiro atoms. The van der Waals surface area contributed by atoms with Crippen LogP contribution in [0.1, 0.15) is 24.1 Å². The van der Waals surface area contributed by atoms with Crippen LogP contribution in [0.25, 0.3) is 65.4 Å². The van der Waals surface area contributed by atoms with Crippen LogP contribution in [0.4, 0.5) is 21.5 Å². The summed E-state index contributed by atoms with van der Waals surface area (Å²) in [5.41, 5.74) is 11.9. The van der Waals surface area contributed by atoms with Crippen molar-refractivity contribution in [2.24, 2.45) is 0 Å². The summed E-state index contributed by atoms with van der Waals surface area (Å²) in [6.07, 6.45) is 10.5. The molecule has 6 aromatic heterocycles. The van der Waals surface area contributed by atoms with Crippen molar-refractivity contribution in [2.75, 3.05) is 108 Å². The molecule has 606 valence electrons. The lowest BCUT2D eigenvalue weighted by Gasteiger charge is -2.29. The van der Waals surface area contributed by atoms with Crippen LogP contribution in [0.2, 0.25) is 15.1 Å². The number of halogens is 8. The molecule has 9 heterocycles. The lowest BCUT2D eigenvalue weighted by molar-refractivity contribution is 0.122. The fraction of sp³-hybridized carbons (Fsp3) is 0.198. The van der Waals surface area contributed by atoms with Gasteiger partial charge in [-0.2, -0.15) is 5.26 Å². The summed E-state index contributed by atoms with van der Waals surface area (Å²) >= 11 is 30.9. The van der Waals surface area contributed by atoms with Crippen molar-refractivity contribution in [1.82, 2.24) is 29.9 Å². The van der Waals surface area contributed by atoms with Gasteiger partial charge in [0.25, 0.3) is 0 Å². The molecular weight excluding hydrogens is 1820 g/mol. The maximum atomic E-state index is 12.8. The highest BCUT2D eigenvalue weighted by molar-refractivity contribution is 9.11. The van der Waals surface area contributed by atoms with Crippen LogP contribution in [-0.4, -0.2) is 123 Å². The van der Waals surface area contributed by atoms with E-state index in [1.54, 1.807) is 69.6 Å². The largest absolute Gasteiger partial charge is 0.497 e. The zero-order valence-electron chi connectivity index (χ0n) is 63.5. The molecule has 3 aliphatic rings. The lowest BCUT2D eigenvalue weighted by atomic mass is 10.1. The molecule has 0 radical (unpaired) electrons. The molecule has 0 bridgehead atoms. The fourth-order valence-corrected chi connectivity index (χ4v) is 14.7. The van der Waals surface area contributed by atoms with E-state index in [4.69, 9.17) is 73.2 Å². The number of nitriles is 1. The second kappa shape index (κ2) is 44.5. The Morgan fingerprint density at radius 3 is 1.25 bits per heavy atom. The Morgan fingerprint density at radius 2 is 0.797 bits per heavy atom. The number of hydrogen-bond acceptors (Lipinski definition) is 17. The van der Waals surface area contributed by atoms with Crippen molar-refractivity contribution < 1.29 is 37.5 Å². The highest BCUT2D eigenvalue weighted by Gasteiger charge is 2.17. The number of nitrogens with one attached hydrogen (secondary N) is 2. The zero-order valence-corrected chi connectivity index (χ0v) is 72.1. The number of methoxy groups -OCH3 is 2. The molecule has 118 heavy (non-hydrogen) atoms. The Kier molecular flexibility index (Phi) is 33.4. The number of aromatic nitrogens is 6. The highest BCUT2D eigenvalue weighted by atomic mass is 79.9. The predicted octanol–water partition coefficient (Wildman–Crippen LogP) is 22.2. The number of aromatic amines is 2. The molecule has 27 heteroatoms. The van der Waals surface area contributed by atoms with Crippen LogP contribution < -0.4 is 44.5 Å². The molecule has 0 amide bonds. The number of nitrogens with zero attached hydrogens (tertiary/aromatic N) is 8. The monoisotopic (exact) mass is 1900 g/mol. The zero-order chi connectivity index (χ0) is 82.0. The smallest absolute Gasteiger partial charge is 0.189 e. The first-order chi connectivity index (χ1) is 57.0. The van der Waals surface area contributed by atoms with Gasteiger partial charge in [0.2, 0.25) is 0 Å². The van der Waals surface area contributed by atoms with Crippen LogP contribution in [0.3, 0.4) is 0 Å². The minimum Gasteiger partial charge on any atom is -0.497 e. The van der Waals surface area contributed by atoms with E-state index in [1.807, 2.05) is 146 Å². The van der Waals surface area contributed by atoms with E-state index in [2.05, 4.69) is 139 Å². The minimum absolute atomic E-state index is 0. The number of rotatable bonds is 12. The summed E-state index contributed by atoms with van der Waals surface area (Å²) in [7, 11) is 3.33. The van der Waals surface area contributed by atoms with Gasteiger partial charge in [-0.05, 0) is 196 Å². The van der Waals surface area contributed by atoms with Gasteiger partial charge in [0.1, 0.15) is 42.0 Å².